The summed E-state index contributed by atoms with van der Waals surface area (Å²) in [5, 5.41) is 12.3. The number of nitrogens with zero attached hydrogens (tertiary/aromatic N) is 2. The van der Waals surface area contributed by atoms with Crippen LogP contribution in [-0.2, 0) is 30.7 Å². The van der Waals surface area contributed by atoms with E-state index in [0.29, 0.717) is 29.4 Å². The molecule has 0 unspecified atom stereocenters. The molecule has 65 heavy (non-hydrogen) atoms. The molecule has 1 N–H and O–H groups in total. The number of methoxy groups -OCH3 is 1. The zero-order chi connectivity index (χ0) is 44.5. The van der Waals surface area contributed by atoms with Gasteiger partial charge in [-0.3, -0.25) is 0 Å². The molecule has 6 heteroatoms. The van der Waals surface area contributed by atoms with Crippen molar-refractivity contribution in [1.29, 1.82) is 0 Å². The second-order valence-corrected chi connectivity index (χ2v) is 18.3. The largest absolute Gasteiger partial charge is 0.478 e. The number of aromatic carboxylic acids is 1. The molecule has 2 aliphatic rings. The van der Waals surface area contributed by atoms with Crippen molar-refractivity contribution >= 4 is 33.7 Å². The highest BCUT2D eigenvalue weighted by Crippen LogP contribution is 2.36. The molecule has 0 radical (unpaired) electrons. The summed E-state index contributed by atoms with van der Waals surface area (Å²) in [5.41, 5.74) is 12.9. The summed E-state index contributed by atoms with van der Waals surface area (Å²) < 4.78 is 9.69. The van der Waals surface area contributed by atoms with Crippen molar-refractivity contribution in [2.24, 2.45) is 0 Å². The van der Waals surface area contributed by atoms with Crippen molar-refractivity contribution in [1.82, 2.24) is 9.13 Å². The highest BCUT2D eigenvalue weighted by molar-refractivity contribution is 5.92. The third-order valence-electron chi connectivity index (χ3n) is 13.9. The van der Waals surface area contributed by atoms with Gasteiger partial charge in [0.2, 0.25) is 0 Å². The number of benzene rings is 6. The fourth-order valence-electron chi connectivity index (χ4n) is 10.4. The van der Waals surface area contributed by atoms with E-state index in [1.54, 1.807) is 0 Å². The van der Waals surface area contributed by atoms with Gasteiger partial charge >= 0.3 is 11.9 Å². The van der Waals surface area contributed by atoms with Gasteiger partial charge < -0.3 is 19.0 Å². The monoisotopic (exact) mass is 860 g/mol. The van der Waals surface area contributed by atoms with Crippen LogP contribution < -0.4 is 0 Å². The summed E-state index contributed by atoms with van der Waals surface area (Å²) in [7, 11) is 1.47. The van der Waals surface area contributed by atoms with Crippen LogP contribution in [0.3, 0.4) is 0 Å². The van der Waals surface area contributed by atoms with E-state index in [1.165, 1.54) is 121 Å². The van der Waals surface area contributed by atoms with Crippen molar-refractivity contribution in [3.63, 3.8) is 0 Å². The van der Waals surface area contributed by atoms with Crippen molar-refractivity contribution in [3.05, 3.63) is 214 Å². The molecule has 0 amide bonds. The molecule has 10 rings (SSSR count). The van der Waals surface area contributed by atoms with E-state index in [1.807, 2.05) is 24.3 Å². The van der Waals surface area contributed by atoms with Gasteiger partial charge in [0.05, 0.1) is 18.2 Å². The van der Waals surface area contributed by atoms with Gasteiger partial charge in [-0.1, -0.05) is 136 Å². The SMILES string of the molecule is COC(=O)c1cc(C2CCCCC2)ccc1Cc1ccc2c(ccn2Cc2ccccc2)c1.O=C(O)c1cc(C2CCCCC2)ccc1Cc1ccc2c(ccn2Cc2ccccc2)c1. The quantitative estimate of drug-likeness (QED) is 0.124. The molecule has 2 aromatic heterocycles. The third-order valence-corrected chi connectivity index (χ3v) is 13.9. The summed E-state index contributed by atoms with van der Waals surface area (Å²) in [5.74, 6) is 0.0130. The van der Waals surface area contributed by atoms with Crippen LogP contribution in [0.15, 0.2) is 158 Å². The Labute approximate surface area is 383 Å². The molecule has 2 heterocycles. The number of esters is 1. The van der Waals surface area contributed by atoms with Gasteiger partial charge in [0.1, 0.15) is 0 Å². The summed E-state index contributed by atoms with van der Waals surface area (Å²) >= 11 is 0. The van der Waals surface area contributed by atoms with E-state index in [0.717, 1.165) is 36.2 Å². The van der Waals surface area contributed by atoms with Crippen molar-refractivity contribution in [2.45, 2.75) is 102 Å². The van der Waals surface area contributed by atoms with Crippen molar-refractivity contribution < 1.29 is 19.4 Å². The molecule has 0 spiro atoms. The number of fused-ring (bicyclic) bond motifs is 2. The van der Waals surface area contributed by atoms with Gasteiger partial charge in [-0.25, -0.2) is 9.59 Å². The Morgan fingerprint density at radius 2 is 0.954 bits per heavy atom. The van der Waals surface area contributed by atoms with Gasteiger partial charge in [-0.05, 0) is 154 Å². The maximum Gasteiger partial charge on any atom is 0.338 e. The Bertz CT molecular complexity index is 2880. The standard InChI is InChI=1S/C30H31NO2.C29H29NO2/c1-33-30(32)28-20-25(24-10-6-3-7-11-24)13-14-26(28)18-23-12-15-29-27(19-23)16-17-31(29)21-22-8-4-2-5-9-22;31-29(32)27-19-24(23-9-5-2-6-10-23)12-13-25(27)17-22-11-14-28-26(18-22)15-16-30(28)20-21-7-3-1-4-8-21/h2,4-5,8-9,12-17,19-20,24H,3,6-7,10-11,18,21H2,1H3;1,3-4,7-8,11-16,18-19,23H,2,5-6,9-10,17,20H2,(H,31,32). The molecular weight excluding hydrogens is 801 g/mol. The van der Waals surface area contributed by atoms with Crippen LogP contribution in [-0.4, -0.2) is 33.3 Å². The molecule has 6 nitrogen and oxygen atoms in total. The number of hydrogen-bond acceptors (Lipinski definition) is 3. The van der Waals surface area contributed by atoms with Crippen molar-refractivity contribution in [2.75, 3.05) is 7.11 Å². The maximum absolute atomic E-state index is 12.6. The lowest BCUT2D eigenvalue weighted by Gasteiger charge is -2.23. The maximum atomic E-state index is 12.6. The van der Waals surface area contributed by atoms with Crippen LogP contribution >= 0.6 is 0 Å². The number of carbonyl (C=O) groups is 2. The lowest BCUT2D eigenvalue weighted by atomic mass is 9.82. The molecule has 6 aromatic carbocycles. The zero-order valence-corrected chi connectivity index (χ0v) is 37.6. The van der Waals surface area contributed by atoms with Crippen LogP contribution in [0.2, 0.25) is 0 Å². The summed E-state index contributed by atoms with van der Waals surface area (Å²) in [6.07, 6.45) is 18.1. The predicted molar refractivity (Wildman–Crippen MR) is 263 cm³/mol. The molecule has 2 aliphatic carbocycles. The highest BCUT2D eigenvalue weighted by Gasteiger charge is 2.21. The van der Waals surface area contributed by atoms with Gasteiger partial charge in [0, 0.05) is 36.5 Å². The predicted octanol–water partition coefficient (Wildman–Crippen LogP) is 14.1. The van der Waals surface area contributed by atoms with Crippen LogP contribution in [0.5, 0.6) is 0 Å². The zero-order valence-electron chi connectivity index (χ0n) is 37.6. The molecular formula is C59H60N2O4. The number of carbonyl (C=O) groups excluding carboxylic acids is 1. The van der Waals surface area contributed by atoms with E-state index in [-0.39, 0.29) is 5.97 Å². The van der Waals surface area contributed by atoms with E-state index in [4.69, 9.17) is 4.74 Å². The average Bonchev–Trinajstić information content (AvgIpc) is 3.95. The van der Waals surface area contributed by atoms with Gasteiger partial charge in [0.15, 0.2) is 0 Å². The number of rotatable bonds is 12. The molecule has 330 valence electrons. The third kappa shape index (κ3) is 10.5. The Hall–Kier alpha value is -6.66. The minimum atomic E-state index is -0.826. The first-order valence-corrected chi connectivity index (χ1v) is 23.7. The second-order valence-electron chi connectivity index (χ2n) is 18.3. The average molecular weight is 861 g/mol. The Morgan fingerprint density at radius 3 is 1.40 bits per heavy atom. The van der Waals surface area contributed by atoms with E-state index < -0.39 is 5.97 Å². The van der Waals surface area contributed by atoms with Gasteiger partial charge in [-0.2, -0.15) is 0 Å². The smallest absolute Gasteiger partial charge is 0.338 e. The van der Waals surface area contributed by atoms with Crippen LogP contribution in [0.4, 0.5) is 0 Å². The Morgan fingerprint density at radius 1 is 0.508 bits per heavy atom. The number of carboxylic acids is 1. The fraction of sp³-hybridized carbons (Fsp3) is 0.288. The minimum Gasteiger partial charge on any atom is -0.478 e. The summed E-state index contributed by atoms with van der Waals surface area (Å²) in [6.45, 7) is 1.70. The lowest BCUT2D eigenvalue weighted by Crippen LogP contribution is -2.10. The Balaban J connectivity index is 0.000000164. The van der Waals surface area contributed by atoms with Gasteiger partial charge in [-0.15, -0.1) is 0 Å². The molecule has 0 aliphatic heterocycles. The molecule has 8 aromatic rings. The number of ether oxygens (including phenoxy) is 1. The van der Waals surface area contributed by atoms with Crippen LogP contribution in [0, 0.1) is 0 Å². The number of carboxylic acid groups (broad SMARTS) is 1. The molecule has 2 fully saturated rings. The topological polar surface area (TPSA) is 73.5 Å². The first kappa shape index (κ1) is 43.6. The summed E-state index contributed by atoms with van der Waals surface area (Å²) in [6, 6.07) is 51.0. The van der Waals surface area contributed by atoms with E-state index in [2.05, 4.69) is 143 Å². The molecule has 2 saturated carbocycles. The number of hydrogen-bond donors (Lipinski definition) is 1. The molecule has 0 atom stereocenters. The first-order valence-electron chi connectivity index (χ1n) is 23.7. The lowest BCUT2D eigenvalue weighted by molar-refractivity contribution is 0.0598. The van der Waals surface area contributed by atoms with Crippen LogP contribution in [0.25, 0.3) is 21.8 Å². The second kappa shape index (κ2) is 20.5. The molecule has 0 bridgehead atoms. The van der Waals surface area contributed by atoms with E-state index in [9.17, 15) is 14.7 Å². The van der Waals surface area contributed by atoms with Crippen LogP contribution in [0.1, 0.15) is 141 Å². The number of aromatic nitrogens is 2. The highest BCUT2D eigenvalue weighted by atomic mass is 16.5. The summed E-state index contributed by atoms with van der Waals surface area (Å²) in [4.78, 5) is 24.7. The Kier molecular flexibility index (Phi) is 13.7. The minimum absolute atomic E-state index is 0.238. The fourth-order valence-corrected chi connectivity index (χ4v) is 10.4. The van der Waals surface area contributed by atoms with Gasteiger partial charge in [0.25, 0.3) is 0 Å². The first-order chi connectivity index (χ1) is 31.9. The van der Waals surface area contributed by atoms with E-state index >= 15 is 0 Å². The molecule has 0 saturated heterocycles. The van der Waals surface area contributed by atoms with Crippen molar-refractivity contribution in [3.8, 4) is 0 Å². The normalized spacial score (nSPS) is 14.5.